The van der Waals surface area contributed by atoms with Crippen molar-refractivity contribution in [1.82, 2.24) is 0 Å². The molecule has 1 atom stereocenters. The summed E-state index contributed by atoms with van der Waals surface area (Å²) in [5.41, 5.74) is -0.0972. The van der Waals surface area contributed by atoms with Crippen molar-refractivity contribution in [1.29, 1.82) is 5.26 Å². The van der Waals surface area contributed by atoms with E-state index < -0.39 is 6.17 Å². The van der Waals surface area contributed by atoms with E-state index in [4.69, 9.17) is 5.26 Å². The van der Waals surface area contributed by atoms with Gasteiger partial charge in [0.25, 0.3) is 0 Å². The van der Waals surface area contributed by atoms with Crippen molar-refractivity contribution in [2.75, 3.05) is 0 Å². The van der Waals surface area contributed by atoms with Crippen molar-refractivity contribution in [3.63, 3.8) is 0 Å². The van der Waals surface area contributed by atoms with E-state index >= 15 is 0 Å². The lowest BCUT2D eigenvalue weighted by Crippen LogP contribution is -1.94. The van der Waals surface area contributed by atoms with Crippen LogP contribution in [0.1, 0.15) is 0 Å². The van der Waals surface area contributed by atoms with Crippen LogP contribution in [-0.4, -0.2) is 6.17 Å². The third-order valence-electron chi connectivity index (χ3n) is 0.683. The topological polar surface area (TPSA) is 23.8 Å². The predicted octanol–water partition coefficient (Wildman–Crippen LogP) is 1.59. The van der Waals surface area contributed by atoms with Gasteiger partial charge in [-0.2, -0.15) is 5.26 Å². The predicted molar refractivity (Wildman–Crippen MR) is 29.8 cm³/mol. The third kappa shape index (κ3) is 1.57. The summed E-state index contributed by atoms with van der Waals surface area (Å²) in [4.78, 5) is 0. The first kappa shape index (κ1) is 6.90. The minimum absolute atomic E-state index is 0.0972. The summed E-state index contributed by atoms with van der Waals surface area (Å²) in [6, 6.07) is 1.57. The number of hydrogen-bond acceptors (Lipinski definition) is 1. The molecule has 0 bridgehead atoms. The van der Waals surface area contributed by atoms with E-state index in [0.29, 0.717) is 0 Å². The Morgan fingerprint density at radius 3 is 2.50 bits per heavy atom. The Bertz CT molecular complexity index is 143. The number of allylic oxidation sites excluding steroid dienone is 2. The Balaban J connectivity index is 3.86. The van der Waals surface area contributed by atoms with E-state index in [1.54, 1.807) is 6.07 Å². The number of nitrogens with zero attached hydrogens (tertiary/aromatic N) is 1. The van der Waals surface area contributed by atoms with Crippen LogP contribution in [0.5, 0.6) is 0 Å². The molecule has 0 N–H and O–H groups in total. The average molecular weight is 111 g/mol. The van der Waals surface area contributed by atoms with E-state index in [-0.39, 0.29) is 5.57 Å². The molecule has 0 heterocycles. The number of hydrogen-bond donors (Lipinski definition) is 0. The number of nitriles is 1. The molecule has 0 aromatic carbocycles. The zero-order chi connectivity index (χ0) is 6.57. The van der Waals surface area contributed by atoms with Crippen molar-refractivity contribution >= 4 is 0 Å². The van der Waals surface area contributed by atoms with Crippen LogP contribution in [0.15, 0.2) is 24.8 Å². The summed E-state index contributed by atoms with van der Waals surface area (Å²) < 4.78 is 12.1. The van der Waals surface area contributed by atoms with Gasteiger partial charge in [-0.25, -0.2) is 4.39 Å². The fraction of sp³-hybridized carbons (Fsp3) is 0.167. The lowest BCUT2D eigenvalue weighted by Gasteiger charge is -1.92. The van der Waals surface area contributed by atoms with Gasteiger partial charge in [-0.3, -0.25) is 0 Å². The fourth-order valence-corrected chi connectivity index (χ4v) is 0.204. The van der Waals surface area contributed by atoms with E-state index in [1.807, 2.05) is 0 Å². The van der Waals surface area contributed by atoms with Gasteiger partial charge >= 0.3 is 0 Å². The summed E-state index contributed by atoms with van der Waals surface area (Å²) in [6.45, 7) is 6.28. The Morgan fingerprint density at radius 2 is 2.38 bits per heavy atom. The molecule has 1 unspecified atom stereocenters. The third-order valence-corrected chi connectivity index (χ3v) is 0.683. The highest BCUT2D eigenvalue weighted by molar-refractivity contribution is 5.24. The Morgan fingerprint density at radius 1 is 1.88 bits per heavy atom. The zero-order valence-electron chi connectivity index (χ0n) is 4.39. The van der Waals surface area contributed by atoms with Crippen molar-refractivity contribution in [2.24, 2.45) is 0 Å². The molecule has 0 spiro atoms. The van der Waals surface area contributed by atoms with Crippen LogP contribution >= 0.6 is 0 Å². The molecule has 0 rings (SSSR count). The quantitative estimate of drug-likeness (QED) is 0.392. The van der Waals surface area contributed by atoms with Gasteiger partial charge in [0.2, 0.25) is 0 Å². The first-order valence-corrected chi connectivity index (χ1v) is 2.08. The lowest BCUT2D eigenvalue weighted by atomic mass is 10.2. The SMILES string of the molecule is C=CC(F)C(=C)C#N. The highest BCUT2D eigenvalue weighted by Gasteiger charge is 2.02. The second kappa shape index (κ2) is 2.98. The molecule has 42 valence electrons. The van der Waals surface area contributed by atoms with E-state index in [0.717, 1.165) is 6.08 Å². The minimum Gasteiger partial charge on any atom is -0.237 e. The lowest BCUT2D eigenvalue weighted by molar-refractivity contribution is 0.459. The number of alkyl halides is 1. The van der Waals surface area contributed by atoms with Crippen LogP contribution in [-0.2, 0) is 0 Å². The highest BCUT2D eigenvalue weighted by atomic mass is 19.1. The van der Waals surface area contributed by atoms with Gasteiger partial charge in [0.1, 0.15) is 0 Å². The average Bonchev–Trinajstić information content (AvgIpc) is 1.84. The monoisotopic (exact) mass is 111 g/mol. The van der Waals surface area contributed by atoms with Crippen LogP contribution in [0.2, 0.25) is 0 Å². The van der Waals surface area contributed by atoms with Crippen LogP contribution in [0.4, 0.5) is 4.39 Å². The molecule has 0 fully saturated rings. The van der Waals surface area contributed by atoms with E-state index in [2.05, 4.69) is 13.2 Å². The minimum atomic E-state index is -1.38. The zero-order valence-corrected chi connectivity index (χ0v) is 4.39. The number of halogens is 1. The molecular weight excluding hydrogens is 105 g/mol. The largest absolute Gasteiger partial charge is 0.237 e. The molecule has 8 heavy (non-hydrogen) atoms. The second-order valence-electron chi connectivity index (χ2n) is 1.27. The summed E-state index contributed by atoms with van der Waals surface area (Å²) >= 11 is 0. The molecule has 1 nitrogen and oxygen atoms in total. The van der Waals surface area contributed by atoms with Crippen molar-refractivity contribution in [3.05, 3.63) is 24.8 Å². The van der Waals surface area contributed by atoms with E-state index in [1.165, 1.54) is 0 Å². The van der Waals surface area contributed by atoms with Crippen LogP contribution in [0.25, 0.3) is 0 Å². The summed E-state index contributed by atoms with van der Waals surface area (Å²) in [6.07, 6.45) is -0.342. The highest BCUT2D eigenvalue weighted by Crippen LogP contribution is 2.01. The molecule has 0 aromatic rings. The van der Waals surface area contributed by atoms with Gasteiger partial charge in [-0.1, -0.05) is 19.2 Å². The molecule has 0 aliphatic rings. The molecule has 0 amide bonds. The molecule has 0 aliphatic heterocycles. The first-order chi connectivity index (χ1) is 3.72. The molecule has 0 aromatic heterocycles. The molecule has 0 saturated heterocycles. The van der Waals surface area contributed by atoms with Crippen molar-refractivity contribution in [2.45, 2.75) is 6.17 Å². The van der Waals surface area contributed by atoms with Crippen LogP contribution in [0.3, 0.4) is 0 Å². The first-order valence-electron chi connectivity index (χ1n) is 2.08. The molecule has 0 radical (unpaired) electrons. The van der Waals surface area contributed by atoms with Gasteiger partial charge in [-0.05, 0) is 0 Å². The van der Waals surface area contributed by atoms with Crippen molar-refractivity contribution in [3.8, 4) is 6.07 Å². The van der Waals surface area contributed by atoms with Crippen molar-refractivity contribution < 1.29 is 4.39 Å². The maximum Gasteiger partial charge on any atom is 0.152 e. The molecule has 2 heteroatoms. The van der Waals surface area contributed by atoms with Gasteiger partial charge in [0.05, 0.1) is 11.6 Å². The van der Waals surface area contributed by atoms with E-state index in [9.17, 15) is 4.39 Å². The molecular formula is C6H6FN. The summed E-state index contributed by atoms with van der Waals surface area (Å²) in [7, 11) is 0. The molecule has 0 saturated carbocycles. The Hall–Kier alpha value is -1.10. The van der Waals surface area contributed by atoms with Gasteiger partial charge in [-0.15, -0.1) is 0 Å². The molecule has 0 aliphatic carbocycles. The smallest absolute Gasteiger partial charge is 0.152 e. The maximum absolute atomic E-state index is 12.1. The number of rotatable bonds is 2. The Kier molecular flexibility index (Phi) is 2.57. The van der Waals surface area contributed by atoms with Gasteiger partial charge < -0.3 is 0 Å². The normalized spacial score (nSPS) is 11.5. The van der Waals surface area contributed by atoms with Crippen LogP contribution < -0.4 is 0 Å². The Labute approximate surface area is 47.7 Å². The van der Waals surface area contributed by atoms with Gasteiger partial charge in [0.15, 0.2) is 6.17 Å². The standard InChI is InChI=1S/C6H6FN/c1-3-6(7)5(2)4-8/h3,6H,1-2H2. The summed E-state index contributed by atoms with van der Waals surface area (Å²) in [5, 5.41) is 8.00. The van der Waals surface area contributed by atoms with Crippen LogP contribution in [0, 0.1) is 11.3 Å². The maximum atomic E-state index is 12.1. The van der Waals surface area contributed by atoms with Gasteiger partial charge in [0, 0.05) is 0 Å². The second-order valence-corrected chi connectivity index (χ2v) is 1.27. The summed E-state index contributed by atoms with van der Waals surface area (Å²) in [5.74, 6) is 0. The fourth-order valence-electron chi connectivity index (χ4n) is 0.204.